The summed E-state index contributed by atoms with van der Waals surface area (Å²) in [6.07, 6.45) is 2.56. The molecular formula is C12H18INO. The summed E-state index contributed by atoms with van der Waals surface area (Å²) in [6.45, 7) is 2.77. The van der Waals surface area contributed by atoms with Gasteiger partial charge in [0.15, 0.2) is 0 Å². The molecule has 0 aliphatic heterocycles. The third-order valence-electron chi connectivity index (χ3n) is 2.03. The van der Waals surface area contributed by atoms with Crippen LogP contribution in [0.15, 0.2) is 30.3 Å². The number of ether oxygens (including phenoxy) is 1. The molecule has 1 aromatic rings. The summed E-state index contributed by atoms with van der Waals surface area (Å²) in [4.78, 5) is 0. The Morgan fingerprint density at radius 3 is 2.60 bits per heavy atom. The molecule has 1 aromatic carbocycles. The van der Waals surface area contributed by atoms with Crippen molar-refractivity contribution in [1.82, 2.24) is 5.32 Å². The van der Waals surface area contributed by atoms with E-state index >= 15 is 0 Å². The predicted octanol–water partition coefficient (Wildman–Crippen LogP) is 2.87. The highest BCUT2D eigenvalue weighted by Gasteiger charge is 1.91. The van der Waals surface area contributed by atoms with E-state index in [1.54, 1.807) is 0 Å². The van der Waals surface area contributed by atoms with E-state index in [1.165, 1.54) is 17.3 Å². The fraction of sp³-hybridized carbons (Fsp3) is 0.500. The standard InChI is InChI=1S/C12H18INO/c13-8-4-5-9-14-10-11-15-12-6-2-1-3-7-12/h1-3,6-7,14H,4-5,8-11H2. The minimum Gasteiger partial charge on any atom is -0.492 e. The summed E-state index contributed by atoms with van der Waals surface area (Å²) in [5, 5.41) is 3.36. The van der Waals surface area contributed by atoms with E-state index in [2.05, 4.69) is 27.9 Å². The van der Waals surface area contributed by atoms with Gasteiger partial charge in [-0.25, -0.2) is 0 Å². The first-order valence-electron chi connectivity index (χ1n) is 5.38. The SMILES string of the molecule is ICCCCNCCOc1ccccc1. The molecule has 0 aliphatic rings. The number of rotatable bonds is 8. The molecule has 2 nitrogen and oxygen atoms in total. The second-order valence-corrected chi connectivity index (χ2v) is 4.39. The van der Waals surface area contributed by atoms with E-state index < -0.39 is 0 Å². The Labute approximate surface area is 106 Å². The molecule has 15 heavy (non-hydrogen) atoms. The predicted molar refractivity (Wildman–Crippen MR) is 72.9 cm³/mol. The lowest BCUT2D eigenvalue weighted by Crippen LogP contribution is -2.22. The molecule has 0 amide bonds. The van der Waals surface area contributed by atoms with Crippen LogP contribution in [0.4, 0.5) is 0 Å². The molecule has 0 fully saturated rings. The molecule has 1 rings (SSSR count). The summed E-state index contributed by atoms with van der Waals surface area (Å²) in [7, 11) is 0. The third-order valence-corrected chi connectivity index (χ3v) is 2.79. The highest BCUT2D eigenvalue weighted by atomic mass is 127. The quantitative estimate of drug-likeness (QED) is 0.452. The van der Waals surface area contributed by atoms with E-state index in [0.29, 0.717) is 0 Å². The Morgan fingerprint density at radius 2 is 1.87 bits per heavy atom. The second-order valence-electron chi connectivity index (χ2n) is 3.31. The highest BCUT2D eigenvalue weighted by Crippen LogP contribution is 2.07. The number of unbranched alkanes of at least 4 members (excludes halogenated alkanes) is 1. The molecule has 0 aliphatic carbocycles. The van der Waals surface area contributed by atoms with Gasteiger partial charge in [0.25, 0.3) is 0 Å². The van der Waals surface area contributed by atoms with Crippen molar-refractivity contribution in [3.63, 3.8) is 0 Å². The minimum atomic E-state index is 0.744. The Kier molecular flexibility index (Phi) is 7.64. The molecule has 0 saturated carbocycles. The molecule has 0 bridgehead atoms. The number of halogens is 1. The van der Waals surface area contributed by atoms with Gasteiger partial charge >= 0.3 is 0 Å². The normalized spacial score (nSPS) is 10.2. The van der Waals surface area contributed by atoms with E-state index in [-0.39, 0.29) is 0 Å². The lowest BCUT2D eigenvalue weighted by atomic mass is 10.3. The summed E-state index contributed by atoms with van der Waals surface area (Å²) < 4.78 is 6.80. The van der Waals surface area contributed by atoms with Crippen LogP contribution in [0.2, 0.25) is 0 Å². The summed E-state index contributed by atoms with van der Waals surface area (Å²) in [6, 6.07) is 9.94. The smallest absolute Gasteiger partial charge is 0.119 e. The van der Waals surface area contributed by atoms with Crippen molar-refractivity contribution >= 4 is 22.6 Å². The van der Waals surface area contributed by atoms with Crippen LogP contribution in [0.1, 0.15) is 12.8 Å². The molecule has 0 saturated heterocycles. The fourth-order valence-electron chi connectivity index (χ4n) is 1.23. The maximum Gasteiger partial charge on any atom is 0.119 e. The van der Waals surface area contributed by atoms with Crippen molar-refractivity contribution in [1.29, 1.82) is 0 Å². The van der Waals surface area contributed by atoms with Crippen LogP contribution < -0.4 is 10.1 Å². The van der Waals surface area contributed by atoms with Crippen LogP contribution in [-0.2, 0) is 0 Å². The van der Waals surface area contributed by atoms with Crippen molar-refractivity contribution < 1.29 is 4.74 Å². The van der Waals surface area contributed by atoms with Crippen LogP contribution in [0.25, 0.3) is 0 Å². The van der Waals surface area contributed by atoms with Gasteiger partial charge in [0.1, 0.15) is 12.4 Å². The fourth-order valence-corrected chi connectivity index (χ4v) is 1.77. The van der Waals surface area contributed by atoms with Crippen LogP contribution in [0.3, 0.4) is 0 Å². The van der Waals surface area contributed by atoms with E-state index in [0.717, 1.165) is 25.4 Å². The average molecular weight is 319 g/mol. The molecule has 3 heteroatoms. The molecule has 0 unspecified atom stereocenters. The largest absolute Gasteiger partial charge is 0.492 e. The zero-order chi connectivity index (χ0) is 10.8. The first-order valence-corrected chi connectivity index (χ1v) is 6.90. The Morgan fingerprint density at radius 1 is 1.07 bits per heavy atom. The highest BCUT2D eigenvalue weighted by molar-refractivity contribution is 14.1. The van der Waals surface area contributed by atoms with E-state index in [1.807, 2.05) is 30.3 Å². The zero-order valence-corrected chi connectivity index (χ0v) is 11.1. The number of nitrogens with one attached hydrogen (secondary N) is 1. The van der Waals surface area contributed by atoms with Gasteiger partial charge in [0.05, 0.1) is 0 Å². The maximum atomic E-state index is 5.55. The first-order chi connectivity index (χ1) is 7.43. The topological polar surface area (TPSA) is 21.3 Å². The van der Waals surface area contributed by atoms with Crippen LogP contribution >= 0.6 is 22.6 Å². The van der Waals surface area contributed by atoms with Gasteiger partial charge in [0, 0.05) is 6.54 Å². The van der Waals surface area contributed by atoms with Crippen molar-refractivity contribution in [2.24, 2.45) is 0 Å². The van der Waals surface area contributed by atoms with Gasteiger partial charge in [-0.05, 0) is 35.9 Å². The number of alkyl halides is 1. The van der Waals surface area contributed by atoms with E-state index in [9.17, 15) is 0 Å². The van der Waals surface area contributed by atoms with Crippen LogP contribution in [0.5, 0.6) is 5.75 Å². The molecule has 84 valence electrons. The summed E-state index contributed by atoms with van der Waals surface area (Å²) in [5.41, 5.74) is 0. The van der Waals surface area contributed by atoms with Crippen molar-refractivity contribution in [3.8, 4) is 5.75 Å². The van der Waals surface area contributed by atoms with Crippen LogP contribution in [-0.4, -0.2) is 24.1 Å². The summed E-state index contributed by atoms with van der Waals surface area (Å²) in [5.74, 6) is 0.951. The maximum absolute atomic E-state index is 5.55. The molecular weight excluding hydrogens is 301 g/mol. The number of benzene rings is 1. The van der Waals surface area contributed by atoms with E-state index in [4.69, 9.17) is 4.74 Å². The minimum absolute atomic E-state index is 0.744. The lowest BCUT2D eigenvalue weighted by Gasteiger charge is -2.06. The average Bonchev–Trinajstić information content (AvgIpc) is 2.29. The Hall–Kier alpha value is -0.290. The lowest BCUT2D eigenvalue weighted by molar-refractivity contribution is 0.314. The van der Waals surface area contributed by atoms with Gasteiger partial charge in [-0.3, -0.25) is 0 Å². The molecule has 0 radical (unpaired) electrons. The molecule has 1 N–H and O–H groups in total. The van der Waals surface area contributed by atoms with Crippen molar-refractivity contribution in [2.45, 2.75) is 12.8 Å². The molecule has 0 spiro atoms. The van der Waals surface area contributed by atoms with Crippen molar-refractivity contribution in [3.05, 3.63) is 30.3 Å². The van der Waals surface area contributed by atoms with Gasteiger partial charge in [0.2, 0.25) is 0 Å². The van der Waals surface area contributed by atoms with Gasteiger partial charge < -0.3 is 10.1 Å². The second kappa shape index (κ2) is 8.97. The van der Waals surface area contributed by atoms with Gasteiger partial charge in [-0.1, -0.05) is 40.8 Å². The summed E-state index contributed by atoms with van der Waals surface area (Å²) >= 11 is 2.41. The Bertz CT molecular complexity index is 241. The zero-order valence-electron chi connectivity index (χ0n) is 8.92. The molecule has 0 atom stereocenters. The first kappa shape index (κ1) is 12.8. The number of para-hydroxylation sites is 1. The van der Waals surface area contributed by atoms with Crippen LogP contribution in [0, 0.1) is 0 Å². The Balaban J connectivity index is 1.93. The van der Waals surface area contributed by atoms with Crippen molar-refractivity contribution in [2.75, 3.05) is 24.1 Å². The number of hydrogen-bond donors (Lipinski definition) is 1. The molecule has 0 heterocycles. The van der Waals surface area contributed by atoms with Gasteiger partial charge in [-0.15, -0.1) is 0 Å². The monoisotopic (exact) mass is 319 g/mol. The van der Waals surface area contributed by atoms with Gasteiger partial charge in [-0.2, -0.15) is 0 Å². The molecule has 0 aromatic heterocycles. The number of hydrogen-bond acceptors (Lipinski definition) is 2. The third kappa shape index (κ3) is 6.73.